The van der Waals surface area contributed by atoms with Crippen LogP contribution in [0.15, 0.2) is 30.3 Å². The highest BCUT2D eigenvalue weighted by Crippen LogP contribution is 2.39. The van der Waals surface area contributed by atoms with Crippen LogP contribution in [0, 0.1) is 5.82 Å². The number of benzene rings is 2. The van der Waals surface area contributed by atoms with E-state index in [9.17, 15) is 9.18 Å². The number of carbonyl (C=O) groups excluding carboxylic acids is 1. The van der Waals surface area contributed by atoms with Crippen molar-refractivity contribution in [1.82, 2.24) is 0 Å². The number of carbonyl (C=O) groups is 1. The zero-order valence-electron chi connectivity index (χ0n) is 10.7. The van der Waals surface area contributed by atoms with E-state index in [0.717, 1.165) is 6.07 Å². The van der Waals surface area contributed by atoms with E-state index in [1.807, 2.05) is 0 Å². The van der Waals surface area contributed by atoms with Gasteiger partial charge in [-0.1, -0.05) is 11.6 Å². The van der Waals surface area contributed by atoms with Gasteiger partial charge in [-0.05, 0) is 18.2 Å². The zero-order chi connectivity index (χ0) is 15.0. The summed E-state index contributed by atoms with van der Waals surface area (Å²) in [6.45, 7) is 0.103. The van der Waals surface area contributed by atoms with E-state index in [0.29, 0.717) is 22.2 Å². The smallest absolute Gasteiger partial charge is 0.255 e. The Bertz CT molecular complexity index is 736. The second-order valence-corrected chi connectivity index (χ2v) is 4.78. The van der Waals surface area contributed by atoms with Gasteiger partial charge in [0.1, 0.15) is 5.82 Å². The Balaban J connectivity index is 1.86. The Morgan fingerprint density at radius 1 is 1.24 bits per heavy atom. The van der Waals surface area contributed by atoms with Crippen molar-refractivity contribution in [2.45, 2.75) is 0 Å². The van der Waals surface area contributed by atoms with Crippen LogP contribution in [0.25, 0.3) is 0 Å². The molecule has 7 heteroatoms. The molecule has 0 atom stereocenters. The summed E-state index contributed by atoms with van der Waals surface area (Å²) >= 11 is 6.05. The molecule has 0 saturated heterocycles. The van der Waals surface area contributed by atoms with Gasteiger partial charge in [0.15, 0.2) is 11.5 Å². The standard InChI is InChI=1S/C14H10ClFN2O3/c15-8-4-12-13(21-6-20-12)5-11(8)18-14(19)7-1-2-10(17)9(16)3-7/h1-5H,6,17H2,(H,18,19). The van der Waals surface area contributed by atoms with Crippen LogP contribution in [0.4, 0.5) is 15.8 Å². The van der Waals surface area contributed by atoms with E-state index in [-0.39, 0.29) is 18.0 Å². The number of rotatable bonds is 2. The first kappa shape index (κ1) is 13.5. The number of nitrogens with one attached hydrogen (secondary N) is 1. The predicted octanol–water partition coefficient (Wildman–Crippen LogP) is 3.04. The van der Waals surface area contributed by atoms with Crippen LogP contribution >= 0.6 is 11.6 Å². The Kier molecular flexibility index (Phi) is 3.31. The van der Waals surface area contributed by atoms with Crippen molar-refractivity contribution in [2.75, 3.05) is 17.8 Å². The van der Waals surface area contributed by atoms with Crippen LogP contribution in [-0.4, -0.2) is 12.7 Å². The molecule has 2 aromatic carbocycles. The van der Waals surface area contributed by atoms with Crippen LogP contribution < -0.4 is 20.5 Å². The van der Waals surface area contributed by atoms with Crippen molar-refractivity contribution < 1.29 is 18.7 Å². The van der Waals surface area contributed by atoms with Gasteiger partial charge in [0.05, 0.1) is 16.4 Å². The number of amides is 1. The SMILES string of the molecule is Nc1ccc(C(=O)Nc2cc3c(cc2Cl)OCO3)cc1F. The number of hydrogen-bond donors (Lipinski definition) is 2. The van der Waals surface area contributed by atoms with Gasteiger partial charge < -0.3 is 20.5 Å². The zero-order valence-corrected chi connectivity index (χ0v) is 11.4. The van der Waals surface area contributed by atoms with Crippen molar-refractivity contribution in [3.8, 4) is 11.5 Å². The minimum atomic E-state index is -0.653. The van der Waals surface area contributed by atoms with Crippen molar-refractivity contribution in [2.24, 2.45) is 0 Å². The molecule has 0 aromatic heterocycles. The highest BCUT2D eigenvalue weighted by atomic mass is 35.5. The third-order valence-corrected chi connectivity index (χ3v) is 3.29. The average molecular weight is 309 g/mol. The predicted molar refractivity (Wildman–Crippen MR) is 76.3 cm³/mol. The van der Waals surface area contributed by atoms with Crippen LogP contribution in [0.5, 0.6) is 11.5 Å². The number of hydrogen-bond acceptors (Lipinski definition) is 4. The minimum Gasteiger partial charge on any atom is -0.454 e. The fraction of sp³-hybridized carbons (Fsp3) is 0.0714. The fourth-order valence-electron chi connectivity index (χ4n) is 1.88. The lowest BCUT2D eigenvalue weighted by Crippen LogP contribution is -2.12. The third kappa shape index (κ3) is 2.57. The lowest BCUT2D eigenvalue weighted by atomic mass is 10.1. The topological polar surface area (TPSA) is 73.6 Å². The second-order valence-electron chi connectivity index (χ2n) is 4.38. The van der Waals surface area contributed by atoms with Crippen molar-refractivity contribution in [1.29, 1.82) is 0 Å². The summed E-state index contributed by atoms with van der Waals surface area (Å²) in [5.41, 5.74) is 5.83. The number of nitrogen functional groups attached to an aromatic ring is 1. The summed E-state index contributed by atoms with van der Waals surface area (Å²) in [5.74, 6) is -0.163. The molecule has 0 radical (unpaired) electrons. The van der Waals surface area contributed by atoms with E-state index in [1.165, 1.54) is 12.1 Å². The fourth-order valence-corrected chi connectivity index (χ4v) is 2.08. The molecule has 0 unspecified atom stereocenters. The maximum atomic E-state index is 13.4. The van der Waals surface area contributed by atoms with E-state index in [1.54, 1.807) is 12.1 Å². The molecule has 0 spiro atoms. The van der Waals surface area contributed by atoms with Gasteiger partial charge >= 0.3 is 0 Å². The number of fused-ring (bicyclic) bond motifs is 1. The Morgan fingerprint density at radius 3 is 2.67 bits per heavy atom. The van der Waals surface area contributed by atoms with E-state index in [2.05, 4.69) is 5.32 Å². The third-order valence-electron chi connectivity index (χ3n) is 2.97. The molecule has 1 aliphatic rings. The van der Waals surface area contributed by atoms with Gasteiger partial charge in [-0.15, -0.1) is 0 Å². The van der Waals surface area contributed by atoms with Gasteiger partial charge in [-0.2, -0.15) is 0 Å². The molecule has 0 bridgehead atoms. The summed E-state index contributed by atoms with van der Waals surface area (Å²) in [6, 6.07) is 6.91. The van der Waals surface area contributed by atoms with Gasteiger partial charge in [-0.3, -0.25) is 4.79 Å². The Hall–Kier alpha value is -2.47. The molecule has 0 aliphatic carbocycles. The largest absolute Gasteiger partial charge is 0.454 e. The highest BCUT2D eigenvalue weighted by molar-refractivity contribution is 6.34. The molecule has 1 aliphatic heterocycles. The molecule has 0 saturated carbocycles. The van der Waals surface area contributed by atoms with Gasteiger partial charge in [0.25, 0.3) is 5.91 Å². The summed E-state index contributed by atoms with van der Waals surface area (Å²) in [6.07, 6.45) is 0. The first-order valence-electron chi connectivity index (χ1n) is 6.00. The molecule has 5 nitrogen and oxygen atoms in total. The van der Waals surface area contributed by atoms with Gasteiger partial charge in [0, 0.05) is 17.7 Å². The molecular weight excluding hydrogens is 299 g/mol. The van der Waals surface area contributed by atoms with Crippen LogP contribution in [0.2, 0.25) is 5.02 Å². The average Bonchev–Trinajstić information content (AvgIpc) is 2.89. The molecule has 1 heterocycles. The lowest BCUT2D eigenvalue weighted by Gasteiger charge is -2.09. The maximum absolute atomic E-state index is 13.4. The monoisotopic (exact) mass is 308 g/mol. The van der Waals surface area contributed by atoms with Crippen LogP contribution in [0.3, 0.4) is 0 Å². The summed E-state index contributed by atoms with van der Waals surface area (Å²) in [4.78, 5) is 12.1. The lowest BCUT2D eigenvalue weighted by molar-refractivity contribution is 0.102. The van der Waals surface area contributed by atoms with Gasteiger partial charge in [0.2, 0.25) is 6.79 Å². The van der Waals surface area contributed by atoms with Crippen molar-refractivity contribution in [3.63, 3.8) is 0 Å². The van der Waals surface area contributed by atoms with Crippen LogP contribution in [-0.2, 0) is 0 Å². The van der Waals surface area contributed by atoms with Crippen LogP contribution in [0.1, 0.15) is 10.4 Å². The highest BCUT2D eigenvalue weighted by Gasteiger charge is 2.18. The molecule has 3 N–H and O–H groups in total. The second kappa shape index (κ2) is 5.14. The van der Waals surface area contributed by atoms with Crippen molar-refractivity contribution in [3.05, 3.63) is 46.7 Å². The molecular formula is C14H10ClFN2O3. The van der Waals surface area contributed by atoms with Gasteiger partial charge in [-0.25, -0.2) is 4.39 Å². The van der Waals surface area contributed by atoms with E-state index < -0.39 is 11.7 Å². The maximum Gasteiger partial charge on any atom is 0.255 e. The molecule has 0 fully saturated rings. The molecule has 21 heavy (non-hydrogen) atoms. The quantitative estimate of drug-likeness (QED) is 0.836. The number of anilines is 2. The normalized spacial score (nSPS) is 12.3. The summed E-state index contributed by atoms with van der Waals surface area (Å²) in [7, 11) is 0. The van der Waals surface area contributed by atoms with E-state index >= 15 is 0 Å². The summed E-state index contributed by atoms with van der Waals surface area (Å²) in [5, 5.41) is 2.88. The Labute approximate surface area is 124 Å². The number of nitrogens with two attached hydrogens (primary N) is 1. The molecule has 3 rings (SSSR count). The van der Waals surface area contributed by atoms with E-state index in [4.69, 9.17) is 26.8 Å². The first-order valence-corrected chi connectivity index (χ1v) is 6.38. The Morgan fingerprint density at radius 2 is 1.95 bits per heavy atom. The number of halogens is 2. The molecule has 2 aromatic rings. The molecule has 108 valence electrons. The number of ether oxygens (including phenoxy) is 2. The molecule has 1 amide bonds. The van der Waals surface area contributed by atoms with Crippen molar-refractivity contribution >= 4 is 28.9 Å². The minimum absolute atomic E-state index is 0.0207. The first-order chi connectivity index (χ1) is 10.0. The summed E-state index contributed by atoms with van der Waals surface area (Å²) < 4.78 is 23.7.